The van der Waals surface area contributed by atoms with Crippen molar-refractivity contribution in [2.24, 2.45) is 5.73 Å². The number of hydrogen-bond donors (Lipinski definition) is 1. The topological polar surface area (TPSA) is 43.1 Å². The Morgan fingerprint density at radius 2 is 1.64 bits per heavy atom. The third kappa shape index (κ3) is 7.07. The zero-order valence-corrected chi connectivity index (χ0v) is 9.72. The highest BCUT2D eigenvalue weighted by Gasteiger charge is 2.11. The Bertz CT molecular complexity index is 145. The molecule has 2 nitrogen and oxygen atoms in total. The maximum Gasteiger partial charge on any atom is 0.149 e. The highest BCUT2D eigenvalue weighted by Crippen LogP contribution is 2.07. The van der Waals surface area contributed by atoms with Gasteiger partial charge in [0, 0.05) is 6.42 Å². The van der Waals surface area contributed by atoms with Crippen LogP contribution in [0.25, 0.3) is 0 Å². The smallest absolute Gasteiger partial charge is 0.149 e. The number of carbonyl (C=O) groups excluding carboxylic acids is 1. The molecule has 2 heteroatoms. The van der Waals surface area contributed by atoms with E-state index in [1.165, 1.54) is 19.3 Å². The lowest BCUT2D eigenvalue weighted by Gasteiger charge is -2.09. The van der Waals surface area contributed by atoms with Gasteiger partial charge in [0.05, 0.1) is 6.04 Å². The first-order chi connectivity index (χ1) is 6.72. The Labute approximate surface area is 88.3 Å². The van der Waals surface area contributed by atoms with Crippen molar-refractivity contribution < 1.29 is 4.79 Å². The lowest BCUT2D eigenvalue weighted by molar-refractivity contribution is -0.120. The van der Waals surface area contributed by atoms with Gasteiger partial charge in [0.2, 0.25) is 0 Å². The molecule has 0 aliphatic heterocycles. The first kappa shape index (κ1) is 13.6. The summed E-state index contributed by atoms with van der Waals surface area (Å²) in [4.78, 5) is 11.5. The second-order valence-electron chi connectivity index (χ2n) is 4.03. The lowest BCUT2D eigenvalue weighted by atomic mass is 10.0. The summed E-state index contributed by atoms with van der Waals surface area (Å²) in [5, 5.41) is 0. The predicted molar refractivity (Wildman–Crippen MR) is 61.3 cm³/mol. The SMILES string of the molecule is CCCCCC(=O)C(N)CCCCC. The third-order valence-electron chi connectivity index (χ3n) is 2.56. The van der Waals surface area contributed by atoms with Gasteiger partial charge in [-0.25, -0.2) is 0 Å². The Morgan fingerprint density at radius 3 is 2.21 bits per heavy atom. The molecule has 0 aromatic rings. The molecule has 0 saturated heterocycles. The summed E-state index contributed by atoms with van der Waals surface area (Å²) >= 11 is 0. The minimum absolute atomic E-state index is 0.196. The largest absolute Gasteiger partial charge is 0.322 e. The van der Waals surface area contributed by atoms with Gasteiger partial charge in [-0.3, -0.25) is 4.79 Å². The van der Waals surface area contributed by atoms with E-state index in [9.17, 15) is 4.79 Å². The van der Waals surface area contributed by atoms with Crippen LogP contribution < -0.4 is 5.73 Å². The Kier molecular flexibility index (Phi) is 8.95. The van der Waals surface area contributed by atoms with E-state index in [2.05, 4.69) is 13.8 Å². The van der Waals surface area contributed by atoms with Crippen LogP contribution in [0.1, 0.15) is 65.2 Å². The van der Waals surface area contributed by atoms with Crippen molar-refractivity contribution in [3.63, 3.8) is 0 Å². The van der Waals surface area contributed by atoms with Gasteiger partial charge in [0.1, 0.15) is 5.78 Å². The number of hydrogen-bond acceptors (Lipinski definition) is 2. The van der Waals surface area contributed by atoms with Gasteiger partial charge in [-0.2, -0.15) is 0 Å². The summed E-state index contributed by atoms with van der Waals surface area (Å²) < 4.78 is 0. The lowest BCUT2D eigenvalue weighted by Crippen LogP contribution is -2.30. The molecule has 0 amide bonds. The molecule has 1 atom stereocenters. The number of nitrogens with two attached hydrogens (primary N) is 1. The standard InChI is InChI=1S/C12H25NO/c1-3-5-7-9-11(13)12(14)10-8-6-4-2/h11H,3-10,13H2,1-2H3. The molecule has 0 aliphatic carbocycles. The molecule has 0 aromatic carbocycles. The quantitative estimate of drug-likeness (QED) is 0.580. The van der Waals surface area contributed by atoms with Crippen LogP contribution in [-0.4, -0.2) is 11.8 Å². The maximum absolute atomic E-state index is 11.5. The molecule has 1 unspecified atom stereocenters. The van der Waals surface area contributed by atoms with Crippen LogP contribution in [0.2, 0.25) is 0 Å². The van der Waals surface area contributed by atoms with E-state index < -0.39 is 0 Å². The van der Waals surface area contributed by atoms with Gasteiger partial charge < -0.3 is 5.73 Å². The van der Waals surface area contributed by atoms with Crippen molar-refractivity contribution in [1.29, 1.82) is 0 Å². The molecule has 14 heavy (non-hydrogen) atoms. The Hall–Kier alpha value is -0.370. The monoisotopic (exact) mass is 199 g/mol. The number of ketones is 1. The fraction of sp³-hybridized carbons (Fsp3) is 0.917. The van der Waals surface area contributed by atoms with Crippen molar-refractivity contribution >= 4 is 5.78 Å². The summed E-state index contributed by atoms with van der Waals surface area (Å²) in [7, 11) is 0. The van der Waals surface area contributed by atoms with Crippen molar-refractivity contribution in [3.05, 3.63) is 0 Å². The molecule has 2 N–H and O–H groups in total. The van der Waals surface area contributed by atoms with Gasteiger partial charge in [0.25, 0.3) is 0 Å². The molecule has 0 fully saturated rings. The van der Waals surface area contributed by atoms with Crippen molar-refractivity contribution in [2.75, 3.05) is 0 Å². The van der Waals surface area contributed by atoms with Crippen LogP contribution in [0.3, 0.4) is 0 Å². The molecule has 84 valence electrons. The zero-order chi connectivity index (χ0) is 10.8. The van der Waals surface area contributed by atoms with Gasteiger partial charge >= 0.3 is 0 Å². The number of unbranched alkanes of at least 4 members (excludes halogenated alkanes) is 4. The minimum atomic E-state index is -0.196. The summed E-state index contributed by atoms with van der Waals surface area (Å²) in [6, 6.07) is -0.196. The maximum atomic E-state index is 11.5. The molecule has 0 rings (SSSR count). The van der Waals surface area contributed by atoms with Crippen LogP contribution >= 0.6 is 0 Å². The van der Waals surface area contributed by atoms with Crippen LogP contribution in [0, 0.1) is 0 Å². The molecular weight excluding hydrogens is 174 g/mol. The predicted octanol–water partition coefficient (Wildman–Crippen LogP) is 3.04. The average molecular weight is 199 g/mol. The van der Waals surface area contributed by atoms with Crippen molar-refractivity contribution in [3.8, 4) is 0 Å². The molecule has 0 radical (unpaired) electrons. The van der Waals surface area contributed by atoms with Crippen LogP contribution in [0.4, 0.5) is 0 Å². The second kappa shape index (κ2) is 9.20. The molecule has 0 spiro atoms. The van der Waals surface area contributed by atoms with E-state index in [1.807, 2.05) is 0 Å². The van der Waals surface area contributed by atoms with Gasteiger partial charge in [0.15, 0.2) is 0 Å². The molecular formula is C12H25NO. The van der Waals surface area contributed by atoms with E-state index >= 15 is 0 Å². The number of Topliss-reactive ketones (excluding diaryl/α,β-unsaturated/α-hetero) is 1. The van der Waals surface area contributed by atoms with Crippen molar-refractivity contribution in [1.82, 2.24) is 0 Å². The molecule has 0 aliphatic rings. The summed E-state index contributed by atoms with van der Waals surface area (Å²) in [5.74, 6) is 0.259. The van der Waals surface area contributed by atoms with E-state index in [4.69, 9.17) is 5.73 Å². The third-order valence-corrected chi connectivity index (χ3v) is 2.56. The Balaban J connectivity index is 3.44. The highest BCUT2D eigenvalue weighted by molar-refractivity contribution is 5.83. The molecule has 0 saturated carbocycles. The zero-order valence-electron chi connectivity index (χ0n) is 9.72. The van der Waals surface area contributed by atoms with Crippen molar-refractivity contribution in [2.45, 2.75) is 71.3 Å². The fourth-order valence-electron chi connectivity index (χ4n) is 1.51. The first-order valence-corrected chi connectivity index (χ1v) is 6.00. The number of carbonyl (C=O) groups is 1. The van der Waals surface area contributed by atoms with E-state index in [0.717, 1.165) is 25.7 Å². The van der Waals surface area contributed by atoms with Crippen LogP contribution in [0.5, 0.6) is 0 Å². The normalized spacial score (nSPS) is 12.8. The Morgan fingerprint density at radius 1 is 1.07 bits per heavy atom. The summed E-state index contributed by atoms with van der Waals surface area (Å²) in [5.41, 5.74) is 5.79. The summed E-state index contributed by atoms with van der Waals surface area (Å²) in [6.45, 7) is 4.31. The van der Waals surface area contributed by atoms with Gasteiger partial charge in [-0.15, -0.1) is 0 Å². The van der Waals surface area contributed by atoms with Gasteiger partial charge in [-0.05, 0) is 12.8 Å². The molecule has 0 aromatic heterocycles. The fourth-order valence-corrected chi connectivity index (χ4v) is 1.51. The van der Waals surface area contributed by atoms with Crippen LogP contribution in [-0.2, 0) is 4.79 Å². The van der Waals surface area contributed by atoms with E-state index in [0.29, 0.717) is 6.42 Å². The van der Waals surface area contributed by atoms with Gasteiger partial charge in [-0.1, -0.05) is 46.0 Å². The molecule has 0 heterocycles. The minimum Gasteiger partial charge on any atom is -0.322 e. The summed E-state index contributed by atoms with van der Waals surface area (Å²) in [6.07, 6.45) is 8.35. The second-order valence-corrected chi connectivity index (χ2v) is 4.03. The molecule has 0 bridgehead atoms. The van der Waals surface area contributed by atoms with E-state index in [1.54, 1.807) is 0 Å². The number of rotatable bonds is 9. The average Bonchev–Trinajstić information content (AvgIpc) is 2.18. The van der Waals surface area contributed by atoms with Crippen LogP contribution in [0.15, 0.2) is 0 Å². The first-order valence-electron chi connectivity index (χ1n) is 6.00. The van der Waals surface area contributed by atoms with E-state index in [-0.39, 0.29) is 11.8 Å². The highest BCUT2D eigenvalue weighted by atomic mass is 16.1.